The van der Waals surface area contributed by atoms with Crippen molar-refractivity contribution in [1.29, 1.82) is 0 Å². The highest BCUT2D eigenvalue weighted by atomic mass is 16.5. The average Bonchev–Trinajstić information content (AvgIpc) is 2.77. The van der Waals surface area contributed by atoms with E-state index in [9.17, 15) is 9.59 Å². The number of urea groups is 1. The van der Waals surface area contributed by atoms with Gasteiger partial charge in [-0.25, -0.2) is 9.59 Å². The van der Waals surface area contributed by atoms with E-state index in [0.29, 0.717) is 34.9 Å². The zero-order chi connectivity index (χ0) is 22.5. The summed E-state index contributed by atoms with van der Waals surface area (Å²) in [6.45, 7) is 6.08. The highest BCUT2D eigenvalue weighted by Gasteiger charge is 2.39. The highest BCUT2D eigenvalue weighted by Crippen LogP contribution is 2.40. The van der Waals surface area contributed by atoms with Gasteiger partial charge in [-0.05, 0) is 20.0 Å². The van der Waals surface area contributed by atoms with E-state index in [0.717, 1.165) is 26.2 Å². The maximum Gasteiger partial charge on any atom is 0.338 e. The van der Waals surface area contributed by atoms with E-state index in [2.05, 4.69) is 22.2 Å². The second kappa shape index (κ2) is 10.0. The molecule has 1 saturated heterocycles. The van der Waals surface area contributed by atoms with E-state index in [-0.39, 0.29) is 12.6 Å². The summed E-state index contributed by atoms with van der Waals surface area (Å²) >= 11 is 0. The number of piperazine rings is 1. The molecule has 1 unspecified atom stereocenters. The average molecular weight is 433 g/mol. The number of carbonyl (C=O) groups excluding carboxylic acids is 2. The van der Waals surface area contributed by atoms with Crippen molar-refractivity contribution < 1.29 is 23.8 Å². The summed E-state index contributed by atoms with van der Waals surface area (Å²) in [7, 11) is 6.86. The van der Waals surface area contributed by atoms with Crippen LogP contribution in [0.25, 0.3) is 0 Å². The molecule has 1 N–H and O–H groups in total. The Labute approximate surface area is 183 Å². The summed E-state index contributed by atoms with van der Waals surface area (Å²) in [6, 6.07) is 4.41. The van der Waals surface area contributed by atoms with Crippen molar-refractivity contribution in [3.05, 3.63) is 35.0 Å². The molecule has 1 fully saturated rings. The van der Waals surface area contributed by atoms with Crippen molar-refractivity contribution in [3.8, 4) is 11.5 Å². The second-order valence-electron chi connectivity index (χ2n) is 7.68. The standard InChI is InChI=1S/C22H32N4O5/c1-6-31-21(27)18-16(14-26-12-10-24(2)11-13-26)25(3)22(28)23-19(18)15-8-7-9-17(29-4)20(15)30-5/h7-9,19H,6,10-14H2,1-5H3,(H,23,28). The lowest BCUT2D eigenvalue weighted by Gasteiger charge is -2.39. The first-order valence-electron chi connectivity index (χ1n) is 10.5. The molecular weight excluding hydrogens is 400 g/mol. The lowest BCUT2D eigenvalue weighted by molar-refractivity contribution is -0.139. The summed E-state index contributed by atoms with van der Waals surface area (Å²) in [5.41, 5.74) is 1.69. The van der Waals surface area contributed by atoms with Crippen molar-refractivity contribution >= 4 is 12.0 Å². The van der Waals surface area contributed by atoms with Crippen LogP contribution in [0.4, 0.5) is 4.79 Å². The number of ether oxygens (including phenoxy) is 3. The molecule has 2 amide bonds. The zero-order valence-electron chi connectivity index (χ0n) is 18.9. The minimum Gasteiger partial charge on any atom is -0.493 e. The third-order valence-electron chi connectivity index (χ3n) is 5.79. The molecule has 1 aromatic rings. The molecule has 0 saturated carbocycles. The van der Waals surface area contributed by atoms with Gasteiger partial charge in [0.15, 0.2) is 11.5 Å². The Kier molecular flexibility index (Phi) is 7.40. The minimum absolute atomic E-state index is 0.240. The molecule has 0 spiro atoms. The summed E-state index contributed by atoms with van der Waals surface area (Å²) in [5, 5.41) is 2.94. The van der Waals surface area contributed by atoms with Crippen molar-refractivity contribution in [2.45, 2.75) is 13.0 Å². The van der Waals surface area contributed by atoms with E-state index in [1.54, 1.807) is 27.1 Å². The predicted octanol–water partition coefficient (Wildman–Crippen LogP) is 1.46. The fourth-order valence-electron chi connectivity index (χ4n) is 3.99. The van der Waals surface area contributed by atoms with Gasteiger partial charge in [-0.3, -0.25) is 9.80 Å². The van der Waals surface area contributed by atoms with Gasteiger partial charge in [0.2, 0.25) is 0 Å². The van der Waals surface area contributed by atoms with Crippen molar-refractivity contribution in [2.75, 3.05) is 67.6 Å². The number of esters is 1. The molecule has 2 heterocycles. The zero-order valence-corrected chi connectivity index (χ0v) is 18.9. The van der Waals surface area contributed by atoms with Gasteiger partial charge in [0.05, 0.1) is 32.4 Å². The highest BCUT2D eigenvalue weighted by molar-refractivity contribution is 5.95. The van der Waals surface area contributed by atoms with Crippen LogP contribution in [0.3, 0.4) is 0 Å². The number of methoxy groups -OCH3 is 2. The van der Waals surface area contributed by atoms with E-state index >= 15 is 0 Å². The lowest BCUT2D eigenvalue weighted by Crippen LogP contribution is -2.51. The number of nitrogens with zero attached hydrogens (tertiary/aromatic N) is 3. The van der Waals surface area contributed by atoms with E-state index in [1.807, 2.05) is 12.1 Å². The van der Waals surface area contributed by atoms with Gasteiger partial charge in [0.25, 0.3) is 0 Å². The molecule has 2 aliphatic heterocycles. The number of hydrogen-bond donors (Lipinski definition) is 1. The Morgan fingerprint density at radius 1 is 1.13 bits per heavy atom. The molecule has 170 valence electrons. The number of para-hydroxylation sites is 1. The van der Waals surface area contributed by atoms with Crippen LogP contribution < -0.4 is 14.8 Å². The van der Waals surface area contributed by atoms with Crippen LogP contribution in [-0.2, 0) is 9.53 Å². The van der Waals surface area contributed by atoms with E-state index in [4.69, 9.17) is 14.2 Å². The lowest BCUT2D eigenvalue weighted by atomic mass is 9.93. The molecule has 0 aliphatic carbocycles. The molecule has 0 radical (unpaired) electrons. The van der Waals surface area contributed by atoms with Crippen LogP contribution in [0.1, 0.15) is 18.5 Å². The largest absolute Gasteiger partial charge is 0.493 e. The second-order valence-corrected chi connectivity index (χ2v) is 7.68. The molecule has 0 bridgehead atoms. The van der Waals surface area contributed by atoms with E-state index in [1.165, 1.54) is 12.0 Å². The molecule has 3 rings (SSSR count). The molecule has 9 nitrogen and oxygen atoms in total. The first-order valence-corrected chi connectivity index (χ1v) is 10.5. The van der Waals surface area contributed by atoms with Crippen LogP contribution in [0.2, 0.25) is 0 Å². The monoisotopic (exact) mass is 432 g/mol. The number of amides is 2. The SMILES string of the molecule is CCOC(=O)C1=C(CN2CCN(C)CC2)N(C)C(=O)NC1c1cccc(OC)c1OC. The van der Waals surface area contributed by atoms with Gasteiger partial charge in [-0.15, -0.1) is 0 Å². The molecular formula is C22H32N4O5. The maximum atomic E-state index is 13.1. The Hall–Kier alpha value is -2.78. The van der Waals surface area contributed by atoms with Gasteiger partial charge in [-0.1, -0.05) is 12.1 Å². The van der Waals surface area contributed by atoms with Crippen LogP contribution in [0.5, 0.6) is 11.5 Å². The maximum absolute atomic E-state index is 13.1. The van der Waals surface area contributed by atoms with Crippen molar-refractivity contribution in [2.24, 2.45) is 0 Å². The number of hydrogen-bond acceptors (Lipinski definition) is 7. The van der Waals surface area contributed by atoms with E-state index < -0.39 is 12.0 Å². The summed E-state index contributed by atoms with van der Waals surface area (Å²) in [5.74, 6) is 0.547. The van der Waals surface area contributed by atoms with Crippen LogP contribution in [0.15, 0.2) is 29.5 Å². The van der Waals surface area contributed by atoms with Crippen LogP contribution >= 0.6 is 0 Å². The molecule has 0 aromatic heterocycles. The summed E-state index contributed by atoms with van der Waals surface area (Å²) in [4.78, 5) is 32.1. The quantitative estimate of drug-likeness (QED) is 0.653. The third-order valence-corrected chi connectivity index (χ3v) is 5.79. The Balaban J connectivity index is 2.10. The number of nitrogens with one attached hydrogen (secondary N) is 1. The fourth-order valence-corrected chi connectivity index (χ4v) is 3.99. The number of likely N-dealkylation sites (N-methyl/N-ethyl adjacent to an activating group) is 2. The normalized spacial score (nSPS) is 20.5. The van der Waals surface area contributed by atoms with Gasteiger partial charge in [0.1, 0.15) is 0 Å². The molecule has 9 heteroatoms. The fraction of sp³-hybridized carbons (Fsp3) is 0.545. The first kappa shape index (κ1) is 22.9. The molecule has 1 atom stereocenters. The third kappa shape index (κ3) is 4.77. The van der Waals surface area contributed by atoms with Gasteiger partial charge in [0, 0.05) is 51.0 Å². The van der Waals surface area contributed by atoms with Crippen LogP contribution in [-0.4, -0.2) is 94.3 Å². The smallest absolute Gasteiger partial charge is 0.338 e. The number of carbonyl (C=O) groups is 2. The number of rotatable bonds is 7. The molecule has 1 aromatic carbocycles. The van der Waals surface area contributed by atoms with Gasteiger partial charge >= 0.3 is 12.0 Å². The Morgan fingerprint density at radius 2 is 1.84 bits per heavy atom. The molecule has 31 heavy (non-hydrogen) atoms. The topological polar surface area (TPSA) is 83.6 Å². The summed E-state index contributed by atoms with van der Waals surface area (Å²) in [6.07, 6.45) is 0. The van der Waals surface area contributed by atoms with Crippen LogP contribution in [0, 0.1) is 0 Å². The van der Waals surface area contributed by atoms with Gasteiger partial charge in [-0.2, -0.15) is 0 Å². The molecule has 2 aliphatic rings. The Bertz CT molecular complexity index is 848. The number of benzene rings is 1. The van der Waals surface area contributed by atoms with Crippen molar-refractivity contribution in [3.63, 3.8) is 0 Å². The first-order chi connectivity index (χ1) is 14.9. The van der Waals surface area contributed by atoms with Gasteiger partial charge < -0.3 is 24.4 Å². The van der Waals surface area contributed by atoms with Crippen molar-refractivity contribution in [1.82, 2.24) is 20.0 Å². The predicted molar refractivity (Wildman–Crippen MR) is 116 cm³/mol. The Morgan fingerprint density at radius 3 is 2.45 bits per heavy atom. The summed E-state index contributed by atoms with van der Waals surface area (Å²) < 4.78 is 16.4. The minimum atomic E-state index is -0.713.